The molecule has 0 radical (unpaired) electrons. The van der Waals surface area contributed by atoms with Crippen molar-refractivity contribution >= 4 is 5.91 Å². The van der Waals surface area contributed by atoms with Gasteiger partial charge >= 0.3 is 0 Å². The van der Waals surface area contributed by atoms with Crippen molar-refractivity contribution in [1.82, 2.24) is 5.32 Å². The third-order valence-corrected chi connectivity index (χ3v) is 4.43. The standard InChI is InChI=1S/C18H27NO2/c1-3-14-4-6-15(7-5-14)13(2)12-18(21)19-17(10-11-20)16-8-9-16/h4-7,13,16-17,20H,3,8-12H2,1-2H3,(H,19,21). The summed E-state index contributed by atoms with van der Waals surface area (Å²) < 4.78 is 0. The molecule has 2 unspecified atom stereocenters. The molecule has 1 aromatic carbocycles. The number of aliphatic hydroxyl groups excluding tert-OH is 1. The highest BCUT2D eigenvalue weighted by Gasteiger charge is 2.31. The largest absolute Gasteiger partial charge is 0.396 e. The molecule has 1 aliphatic rings. The van der Waals surface area contributed by atoms with Gasteiger partial charge in [0.15, 0.2) is 0 Å². The highest BCUT2D eigenvalue weighted by atomic mass is 16.3. The molecule has 0 saturated heterocycles. The Labute approximate surface area is 127 Å². The summed E-state index contributed by atoms with van der Waals surface area (Å²) in [7, 11) is 0. The van der Waals surface area contributed by atoms with Gasteiger partial charge in [0.05, 0.1) is 0 Å². The number of rotatable bonds is 8. The summed E-state index contributed by atoms with van der Waals surface area (Å²) >= 11 is 0. The Morgan fingerprint density at radius 2 is 2.00 bits per heavy atom. The quantitative estimate of drug-likeness (QED) is 0.773. The van der Waals surface area contributed by atoms with Gasteiger partial charge in [-0.3, -0.25) is 4.79 Å². The van der Waals surface area contributed by atoms with Gasteiger partial charge in [-0.1, -0.05) is 38.1 Å². The van der Waals surface area contributed by atoms with Gasteiger partial charge in [-0.15, -0.1) is 0 Å². The van der Waals surface area contributed by atoms with Crippen molar-refractivity contribution in [2.24, 2.45) is 5.92 Å². The Kier molecular flexibility index (Phi) is 5.80. The summed E-state index contributed by atoms with van der Waals surface area (Å²) in [5.74, 6) is 0.914. The van der Waals surface area contributed by atoms with Crippen molar-refractivity contribution < 1.29 is 9.90 Å². The third-order valence-electron chi connectivity index (χ3n) is 4.43. The first kappa shape index (κ1) is 16.0. The Hall–Kier alpha value is -1.35. The van der Waals surface area contributed by atoms with Crippen LogP contribution in [0.15, 0.2) is 24.3 Å². The maximum Gasteiger partial charge on any atom is 0.220 e. The molecule has 2 rings (SSSR count). The Balaban J connectivity index is 1.85. The predicted octanol–water partition coefficient (Wildman–Crippen LogP) is 3.02. The molecule has 3 heteroatoms. The number of amides is 1. The van der Waals surface area contributed by atoms with Gasteiger partial charge in [-0.05, 0) is 48.6 Å². The normalized spacial score (nSPS) is 17.3. The van der Waals surface area contributed by atoms with E-state index < -0.39 is 0 Å². The summed E-state index contributed by atoms with van der Waals surface area (Å²) in [6.07, 6.45) is 4.59. The average molecular weight is 289 g/mol. The van der Waals surface area contributed by atoms with Crippen LogP contribution in [-0.4, -0.2) is 23.7 Å². The van der Waals surface area contributed by atoms with Crippen molar-refractivity contribution in [3.05, 3.63) is 35.4 Å². The Morgan fingerprint density at radius 1 is 1.33 bits per heavy atom. The molecule has 2 N–H and O–H groups in total. The fourth-order valence-corrected chi connectivity index (χ4v) is 2.81. The van der Waals surface area contributed by atoms with E-state index in [4.69, 9.17) is 5.11 Å². The lowest BCUT2D eigenvalue weighted by Crippen LogP contribution is -2.37. The zero-order valence-corrected chi connectivity index (χ0v) is 13.1. The van der Waals surface area contributed by atoms with E-state index in [1.54, 1.807) is 0 Å². The van der Waals surface area contributed by atoms with E-state index in [1.807, 2.05) is 0 Å². The number of aliphatic hydroxyl groups is 1. The summed E-state index contributed by atoms with van der Waals surface area (Å²) in [4.78, 5) is 12.2. The Morgan fingerprint density at radius 3 is 2.52 bits per heavy atom. The SMILES string of the molecule is CCc1ccc(C(C)CC(=O)NC(CCO)C2CC2)cc1. The van der Waals surface area contributed by atoms with Gasteiger partial charge in [-0.25, -0.2) is 0 Å². The van der Waals surface area contributed by atoms with Gasteiger partial charge in [0.1, 0.15) is 0 Å². The maximum absolute atomic E-state index is 12.2. The lowest BCUT2D eigenvalue weighted by Gasteiger charge is -2.19. The zero-order chi connectivity index (χ0) is 15.2. The molecule has 0 aromatic heterocycles. The van der Waals surface area contributed by atoms with Crippen LogP contribution < -0.4 is 5.32 Å². The second kappa shape index (κ2) is 7.60. The number of carbonyl (C=O) groups is 1. The van der Waals surface area contributed by atoms with Crippen LogP contribution in [0.5, 0.6) is 0 Å². The van der Waals surface area contributed by atoms with Crippen LogP contribution in [0.25, 0.3) is 0 Å². The Bertz CT molecular complexity index is 451. The smallest absolute Gasteiger partial charge is 0.220 e. The first-order chi connectivity index (χ1) is 10.1. The van der Waals surface area contributed by atoms with Crippen LogP contribution in [0.4, 0.5) is 0 Å². The molecule has 3 nitrogen and oxygen atoms in total. The molecule has 116 valence electrons. The lowest BCUT2D eigenvalue weighted by molar-refractivity contribution is -0.122. The van der Waals surface area contributed by atoms with Gasteiger partial charge in [-0.2, -0.15) is 0 Å². The van der Waals surface area contributed by atoms with Crippen molar-refractivity contribution in [2.75, 3.05) is 6.61 Å². The molecule has 2 atom stereocenters. The van der Waals surface area contributed by atoms with Crippen LogP contribution >= 0.6 is 0 Å². The van der Waals surface area contributed by atoms with Gasteiger partial charge < -0.3 is 10.4 Å². The molecule has 0 bridgehead atoms. The fourth-order valence-electron chi connectivity index (χ4n) is 2.81. The van der Waals surface area contributed by atoms with E-state index in [-0.39, 0.29) is 24.5 Å². The number of nitrogens with one attached hydrogen (secondary N) is 1. The monoisotopic (exact) mass is 289 g/mol. The van der Waals surface area contributed by atoms with Gasteiger partial charge in [0.25, 0.3) is 0 Å². The third kappa shape index (κ3) is 4.85. The van der Waals surface area contributed by atoms with Crippen molar-refractivity contribution in [3.8, 4) is 0 Å². The molecule has 0 heterocycles. The first-order valence-corrected chi connectivity index (χ1v) is 8.13. The minimum Gasteiger partial charge on any atom is -0.396 e. The second-order valence-corrected chi connectivity index (χ2v) is 6.22. The number of carbonyl (C=O) groups excluding carboxylic acids is 1. The number of benzene rings is 1. The van der Waals surface area contributed by atoms with Crippen LogP contribution in [0.1, 0.15) is 56.6 Å². The minimum atomic E-state index is 0.104. The van der Waals surface area contributed by atoms with Gasteiger partial charge in [0.2, 0.25) is 5.91 Å². The molecular weight excluding hydrogens is 262 g/mol. The van der Waals surface area contributed by atoms with E-state index in [0.717, 1.165) is 6.42 Å². The van der Waals surface area contributed by atoms with E-state index in [0.29, 0.717) is 18.8 Å². The fraction of sp³-hybridized carbons (Fsp3) is 0.611. The number of hydrogen-bond donors (Lipinski definition) is 2. The van der Waals surface area contributed by atoms with E-state index in [2.05, 4.69) is 43.4 Å². The second-order valence-electron chi connectivity index (χ2n) is 6.22. The topological polar surface area (TPSA) is 49.3 Å². The van der Waals surface area contributed by atoms with Crippen LogP contribution in [0.2, 0.25) is 0 Å². The molecule has 1 saturated carbocycles. The molecule has 1 aliphatic carbocycles. The molecule has 1 aromatic rings. The van der Waals surface area contributed by atoms with Crippen molar-refractivity contribution in [3.63, 3.8) is 0 Å². The molecule has 1 fully saturated rings. The molecule has 1 amide bonds. The summed E-state index contributed by atoms with van der Waals surface area (Å²) in [5, 5.41) is 12.2. The lowest BCUT2D eigenvalue weighted by atomic mass is 9.95. The molecule has 21 heavy (non-hydrogen) atoms. The van der Waals surface area contributed by atoms with Crippen molar-refractivity contribution in [1.29, 1.82) is 0 Å². The average Bonchev–Trinajstić information content (AvgIpc) is 3.31. The summed E-state index contributed by atoms with van der Waals surface area (Å²) in [6, 6.07) is 8.70. The maximum atomic E-state index is 12.2. The zero-order valence-electron chi connectivity index (χ0n) is 13.1. The molecule has 0 spiro atoms. The van der Waals surface area contributed by atoms with Crippen LogP contribution in [0, 0.1) is 5.92 Å². The predicted molar refractivity (Wildman–Crippen MR) is 85.2 cm³/mol. The highest BCUT2D eigenvalue weighted by molar-refractivity contribution is 5.77. The van der Waals surface area contributed by atoms with E-state index in [9.17, 15) is 4.79 Å². The molecular formula is C18H27NO2. The first-order valence-electron chi connectivity index (χ1n) is 8.13. The van der Waals surface area contributed by atoms with Crippen molar-refractivity contribution in [2.45, 2.75) is 57.9 Å². The summed E-state index contributed by atoms with van der Waals surface area (Å²) in [6.45, 7) is 4.39. The number of hydrogen-bond acceptors (Lipinski definition) is 2. The minimum absolute atomic E-state index is 0.104. The van der Waals surface area contributed by atoms with E-state index >= 15 is 0 Å². The van der Waals surface area contributed by atoms with Crippen LogP contribution in [0.3, 0.4) is 0 Å². The van der Waals surface area contributed by atoms with Gasteiger partial charge in [0, 0.05) is 19.1 Å². The van der Waals surface area contributed by atoms with E-state index in [1.165, 1.54) is 24.0 Å². The number of aryl methyl sites for hydroxylation is 1. The van der Waals surface area contributed by atoms with Crippen LogP contribution in [-0.2, 0) is 11.2 Å². The highest BCUT2D eigenvalue weighted by Crippen LogP contribution is 2.34. The summed E-state index contributed by atoms with van der Waals surface area (Å²) in [5.41, 5.74) is 2.54. The molecule has 0 aliphatic heterocycles.